The van der Waals surface area contributed by atoms with Crippen molar-refractivity contribution in [3.05, 3.63) is 18.0 Å². The lowest BCUT2D eigenvalue weighted by atomic mass is 10.1. The standard InChI is InChI=1S/C13H25N3O/c1-4-8-14-13(11-17-5-2)7-6-12-9-15-16(3)10-12/h9-10,13-14H,4-8,11H2,1-3H3. The molecular weight excluding hydrogens is 214 g/mol. The first kappa shape index (κ1) is 14.2. The fourth-order valence-corrected chi connectivity index (χ4v) is 1.79. The van der Waals surface area contributed by atoms with Crippen LogP contribution in [0.25, 0.3) is 0 Å². The smallest absolute Gasteiger partial charge is 0.0619 e. The van der Waals surface area contributed by atoms with Crippen molar-refractivity contribution in [2.45, 2.75) is 39.2 Å². The van der Waals surface area contributed by atoms with Crippen LogP contribution in [-0.4, -0.2) is 35.6 Å². The summed E-state index contributed by atoms with van der Waals surface area (Å²) in [6.45, 7) is 6.88. The first-order chi connectivity index (χ1) is 8.26. The summed E-state index contributed by atoms with van der Waals surface area (Å²) in [5, 5.41) is 7.71. The van der Waals surface area contributed by atoms with Crippen LogP contribution in [0, 0.1) is 0 Å². The third-order valence-corrected chi connectivity index (χ3v) is 2.75. The van der Waals surface area contributed by atoms with E-state index in [1.807, 2.05) is 24.9 Å². The number of nitrogens with one attached hydrogen (secondary N) is 1. The summed E-state index contributed by atoms with van der Waals surface area (Å²) in [6.07, 6.45) is 7.35. The van der Waals surface area contributed by atoms with Crippen molar-refractivity contribution in [1.29, 1.82) is 0 Å². The lowest BCUT2D eigenvalue weighted by Gasteiger charge is -2.17. The van der Waals surface area contributed by atoms with Crippen molar-refractivity contribution in [2.24, 2.45) is 7.05 Å². The molecule has 0 aromatic carbocycles. The highest BCUT2D eigenvalue weighted by Gasteiger charge is 2.08. The number of ether oxygens (including phenoxy) is 1. The zero-order valence-corrected chi connectivity index (χ0v) is 11.3. The molecule has 0 aliphatic heterocycles. The van der Waals surface area contributed by atoms with E-state index in [1.54, 1.807) is 0 Å². The Bertz CT molecular complexity index is 291. The third kappa shape index (κ3) is 5.84. The average Bonchev–Trinajstić information content (AvgIpc) is 2.74. The summed E-state index contributed by atoms with van der Waals surface area (Å²) in [7, 11) is 1.95. The van der Waals surface area contributed by atoms with Crippen molar-refractivity contribution in [2.75, 3.05) is 19.8 Å². The van der Waals surface area contributed by atoms with Crippen LogP contribution in [-0.2, 0) is 18.2 Å². The molecule has 1 atom stereocenters. The molecule has 0 radical (unpaired) electrons. The van der Waals surface area contributed by atoms with Crippen LogP contribution in [0.2, 0.25) is 0 Å². The van der Waals surface area contributed by atoms with Gasteiger partial charge in [0.15, 0.2) is 0 Å². The Labute approximate surface area is 104 Å². The number of aryl methyl sites for hydroxylation is 2. The van der Waals surface area contributed by atoms with E-state index in [0.29, 0.717) is 6.04 Å². The summed E-state index contributed by atoms with van der Waals surface area (Å²) < 4.78 is 7.36. The molecule has 0 amide bonds. The minimum Gasteiger partial charge on any atom is -0.380 e. The number of aromatic nitrogens is 2. The molecule has 0 fully saturated rings. The molecule has 4 heteroatoms. The molecule has 17 heavy (non-hydrogen) atoms. The maximum atomic E-state index is 5.50. The van der Waals surface area contributed by atoms with Crippen molar-refractivity contribution < 1.29 is 4.74 Å². The van der Waals surface area contributed by atoms with Gasteiger partial charge in [0.1, 0.15) is 0 Å². The molecule has 0 saturated carbocycles. The SMILES string of the molecule is CCCNC(CCc1cnn(C)c1)COCC. The molecule has 1 rings (SSSR count). The highest BCUT2D eigenvalue weighted by molar-refractivity contribution is 5.03. The molecule has 1 unspecified atom stereocenters. The second kappa shape index (κ2) is 8.25. The summed E-state index contributed by atoms with van der Waals surface area (Å²) >= 11 is 0. The van der Waals surface area contributed by atoms with Crippen LogP contribution in [0.15, 0.2) is 12.4 Å². The van der Waals surface area contributed by atoms with Crippen molar-refractivity contribution in [1.82, 2.24) is 15.1 Å². The van der Waals surface area contributed by atoms with Crippen molar-refractivity contribution in [3.8, 4) is 0 Å². The van der Waals surface area contributed by atoms with Gasteiger partial charge in [-0.15, -0.1) is 0 Å². The van der Waals surface area contributed by atoms with Crippen LogP contribution in [0.1, 0.15) is 32.3 Å². The quantitative estimate of drug-likeness (QED) is 0.713. The largest absolute Gasteiger partial charge is 0.380 e. The summed E-state index contributed by atoms with van der Waals surface area (Å²) in [6, 6.07) is 0.454. The zero-order valence-electron chi connectivity index (χ0n) is 11.3. The zero-order chi connectivity index (χ0) is 12.5. The van der Waals surface area contributed by atoms with E-state index >= 15 is 0 Å². The van der Waals surface area contributed by atoms with Gasteiger partial charge in [0.25, 0.3) is 0 Å². The minimum absolute atomic E-state index is 0.454. The molecule has 1 N–H and O–H groups in total. The molecule has 98 valence electrons. The first-order valence-corrected chi connectivity index (χ1v) is 6.54. The van der Waals surface area contributed by atoms with Crippen molar-refractivity contribution >= 4 is 0 Å². The Hall–Kier alpha value is -0.870. The number of nitrogens with zero attached hydrogens (tertiary/aromatic N) is 2. The molecular formula is C13H25N3O. The second-order valence-electron chi connectivity index (χ2n) is 4.37. The van der Waals surface area contributed by atoms with Gasteiger partial charge in [0.05, 0.1) is 12.8 Å². The molecule has 0 bridgehead atoms. The van der Waals surface area contributed by atoms with Gasteiger partial charge in [0.2, 0.25) is 0 Å². The fraction of sp³-hybridized carbons (Fsp3) is 0.769. The lowest BCUT2D eigenvalue weighted by molar-refractivity contribution is 0.120. The normalized spacial score (nSPS) is 12.9. The summed E-state index contributed by atoms with van der Waals surface area (Å²) in [4.78, 5) is 0. The fourth-order valence-electron chi connectivity index (χ4n) is 1.79. The van der Waals surface area contributed by atoms with Gasteiger partial charge in [0, 0.05) is 25.9 Å². The van der Waals surface area contributed by atoms with Gasteiger partial charge in [-0.1, -0.05) is 6.92 Å². The molecule has 4 nitrogen and oxygen atoms in total. The molecule has 0 aliphatic rings. The number of rotatable bonds is 9. The highest BCUT2D eigenvalue weighted by Crippen LogP contribution is 2.04. The topological polar surface area (TPSA) is 39.1 Å². The Morgan fingerprint density at radius 3 is 2.88 bits per heavy atom. The van der Waals surface area contributed by atoms with Gasteiger partial charge in [-0.2, -0.15) is 5.10 Å². The molecule has 0 saturated heterocycles. The Morgan fingerprint density at radius 2 is 2.29 bits per heavy atom. The van der Waals surface area contributed by atoms with Gasteiger partial charge in [-0.25, -0.2) is 0 Å². The first-order valence-electron chi connectivity index (χ1n) is 6.54. The van der Waals surface area contributed by atoms with Crippen molar-refractivity contribution in [3.63, 3.8) is 0 Å². The van der Waals surface area contributed by atoms with Crippen LogP contribution < -0.4 is 5.32 Å². The number of hydrogen-bond donors (Lipinski definition) is 1. The van der Waals surface area contributed by atoms with E-state index < -0.39 is 0 Å². The number of hydrogen-bond acceptors (Lipinski definition) is 3. The third-order valence-electron chi connectivity index (χ3n) is 2.75. The summed E-state index contributed by atoms with van der Waals surface area (Å²) in [5.41, 5.74) is 1.30. The van der Waals surface area contributed by atoms with Gasteiger partial charge in [-0.05, 0) is 38.3 Å². The minimum atomic E-state index is 0.454. The molecule has 0 aliphatic carbocycles. The van der Waals surface area contributed by atoms with E-state index in [4.69, 9.17) is 4.74 Å². The van der Waals surface area contributed by atoms with E-state index in [0.717, 1.165) is 39.0 Å². The molecule has 0 spiro atoms. The van der Waals surface area contributed by atoms with Gasteiger partial charge < -0.3 is 10.1 Å². The predicted molar refractivity (Wildman–Crippen MR) is 70.1 cm³/mol. The van der Waals surface area contributed by atoms with Gasteiger partial charge in [-0.3, -0.25) is 4.68 Å². The highest BCUT2D eigenvalue weighted by atomic mass is 16.5. The summed E-state index contributed by atoms with van der Waals surface area (Å²) in [5.74, 6) is 0. The lowest BCUT2D eigenvalue weighted by Crippen LogP contribution is -2.34. The van der Waals surface area contributed by atoms with E-state index in [2.05, 4.69) is 23.5 Å². The van der Waals surface area contributed by atoms with Crippen LogP contribution >= 0.6 is 0 Å². The van der Waals surface area contributed by atoms with E-state index in [9.17, 15) is 0 Å². The van der Waals surface area contributed by atoms with Gasteiger partial charge >= 0.3 is 0 Å². The Morgan fingerprint density at radius 1 is 1.47 bits per heavy atom. The molecule has 1 aromatic rings. The van der Waals surface area contributed by atoms with E-state index in [-0.39, 0.29) is 0 Å². The van der Waals surface area contributed by atoms with Crippen LogP contribution in [0.5, 0.6) is 0 Å². The monoisotopic (exact) mass is 239 g/mol. The average molecular weight is 239 g/mol. The Balaban J connectivity index is 2.31. The van der Waals surface area contributed by atoms with E-state index in [1.165, 1.54) is 5.56 Å². The maximum Gasteiger partial charge on any atom is 0.0619 e. The molecule has 1 heterocycles. The van der Waals surface area contributed by atoms with Crippen LogP contribution in [0.3, 0.4) is 0 Å². The molecule has 1 aromatic heterocycles. The second-order valence-corrected chi connectivity index (χ2v) is 4.37. The predicted octanol–water partition coefficient (Wildman–Crippen LogP) is 1.76. The maximum absolute atomic E-state index is 5.50. The Kier molecular flexibility index (Phi) is 6.89. The van der Waals surface area contributed by atoms with Crippen LogP contribution in [0.4, 0.5) is 0 Å².